The van der Waals surface area contributed by atoms with E-state index in [0.29, 0.717) is 5.56 Å². The van der Waals surface area contributed by atoms with Gasteiger partial charge in [0.1, 0.15) is 11.6 Å². The minimum absolute atomic E-state index is 0.0150. The van der Waals surface area contributed by atoms with E-state index in [1.807, 2.05) is 19.1 Å². The van der Waals surface area contributed by atoms with Crippen LogP contribution in [-0.2, 0) is 0 Å². The molecule has 0 fully saturated rings. The molecule has 0 spiro atoms. The minimum atomic E-state index is -0.166. The SMILES string of the molecule is CCC(c1ncc[nH]1)c1ccccc1F. The van der Waals surface area contributed by atoms with Crippen molar-refractivity contribution in [1.29, 1.82) is 0 Å². The molecule has 78 valence electrons. The zero-order chi connectivity index (χ0) is 10.7. The van der Waals surface area contributed by atoms with Crippen LogP contribution in [-0.4, -0.2) is 9.97 Å². The van der Waals surface area contributed by atoms with Gasteiger partial charge in [0.25, 0.3) is 0 Å². The number of nitrogens with zero attached hydrogens (tertiary/aromatic N) is 1. The highest BCUT2D eigenvalue weighted by atomic mass is 19.1. The number of hydrogen-bond acceptors (Lipinski definition) is 1. The molecule has 1 atom stereocenters. The predicted molar refractivity (Wildman–Crippen MR) is 57.1 cm³/mol. The molecule has 1 heterocycles. The van der Waals surface area contributed by atoms with E-state index in [1.165, 1.54) is 6.07 Å². The molecule has 1 aromatic carbocycles. The van der Waals surface area contributed by atoms with Gasteiger partial charge in [0, 0.05) is 18.3 Å². The average Bonchev–Trinajstić information content (AvgIpc) is 2.75. The molecular formula is C12H13FN2. The fourth-order valence-corrected chi connectivity index (χ4v) is 1.79. The molecule has 3 heteroatoms. The maximum absolute atomic E-state index is 13.6. The highest BCUT2D eigenvalue weighted by Gasteiger charge is 2.17. The fraction of sp³-hybridized carbons (Fsp3) is 0.250. The summed E-state index contributed by atoms with van der Waals surface area (Å²) in [6, 6.07) is 6.85. The quantitative estimate of drug-likeness (QED) is 0.817. The number of halogens is 1. The van der Waals surface area contributed by atoms with Crippen molar-refractivity contribution in [2.45, 2.75) is 19.3 Å². The Labute approximate surface area is 88.2 Å². The number of imidazole rings is 1. The van der Waals surface area contributed by atoms with Gasteiger partial charge < -0.3 is 4.98 Å². The van der Waals surface area contributed by atoms with Gasteiger partial charge >= 0.3 is 0 Å². The highest BCUT2D eigenvalue weighted by molar-refractivity contribution is 5.26. The summed E-state index contributed by atoms with van der Waals surface area (Å²) in [4.78, 5) is 7.22. The van der Waals surface area contributed by atoms with Crippen molar-refractivity contribution in [3.63, 3.8) is 0 Å². The van der Waals surface area contributed by atoms with Crippen molar-refractivity contribution >= 4 is 0 Å². The van der Waals surface area contributed by atoms with Crippen molar-refractivity contribution < 1.29 is 4.39 Å². The van der Waals surface area contributed by atoms with E-state index < -0.39 is 0 Å². The average molecular weight is 204 g/mol. The van der Waals surface area contributed by atoms with Gasteiger partial charge in [-0.15, -0.1) is 0 Å². The van der Waals surface area contributed by atoms with Crippen LogP contribution in [0.5, 0.6) is 0 Å². The first-order valence-corrected chi connectivity index (χ1v) is 5.06. The van der Waals surface area contributed by atoms with E-state index >= 15 is 0 Å². The summed E-state index contributed by atoms with van der Waals surface area (Å²) in [5.74, 6) is 0.671. The maximum atomic E-state index is 13.6. The van der Waals surface area contributed by atoms with Gasteiger partial charge in [0.05, 0.1) is 0 Å². The Bertz CT molecular complexity index is 423. The third kappa shape index (κ3) is 1.91. The van der Waals surface area contributed by atoms with Crippen LogP contribution in [0.15, 0.2) is 36.7 Å². The van der Waals surface area contributed by atoms with Crippen molar-refractivity contribution in [3.05, 3.63) is 53.9 Å². The van der Waals surface area contributed by atoms with E-state index in [9.17, 15) is 4.39 Å². The summed E-state index contributed by atoms with van der Waals surface area (Å²) in [7, 11) is 0. The zero-order valence-corrected chi connectivity index (χ0v) is 8.57. The van der Waals surface area contributed by atoms with Crippen LogP contribution in [0.25, 0.3) is 0 Å². The number of aromatic nitrogens is 2. The normalized spacial score (nSPS) is 12.7. The highest BCUT2D eigenvalue weighted by Crippen LogP contribution is 2.26. The molecule has 2 aromatic rings. The Kier molecular flexibility index (Phi) is 2.81. The van der Waals surface area contributed by atoms with Crippen molar-refractivity contribution in [2.24, 2.45) is 0 Å². The predicted octanol–water partition coefficient (Wildman–Crippen LogP) is 3.09. The van der Waals surface area contributed by atoms with Crippen LogP contribution in [0, 0.1) is 5.82 Å². The molecule has 1 N–H and O–H groups in total. The topological polar surface area (TPSA) is 28.7 Å². The lowest BCUT2D eigenvalue weighted by atomic mass is 9.95. The molecule has 0 bridgehead atoms. The van der Waals surface area contributed by atoms with E-state index in [1.54, 1.807) is 18.5 Å². The van der Waals surface area contributed by atoms with Crippen molar-refractivity contribution in [3.8, 4) is 0 Å². The fourth-order valence-electron chi connectivity index (χ4n) is 1.79. The molecule has 15 heavy (non-hydrogen) atoms. The Morgan fingerprint density at radius 3 is 2.80 bits per heavy atom. The zero-order valence-electron chi connectivity index (χ0n) is 8.57. The van der Waals surface area contributed by atoms with Crippen LogP contribution in [0.1, 0.15) is 30.7 Å². The molecule has 1 aromatic heterocycles. The number of nitrogens with one attached hydrogen (secondary N) is 1. The number of aromatic amines is 1. The summed E-state index contributed by atoms with van der Waals surface area (Å²) in [5, 5.41) is 0. The summed E-state index contributed by atoms with van der Waals surface area (Å²) < 4.78 is 13.6. The minimum Gasteiger partial charge on any atom is -0.348 e. The van der Waals surface area contributed by atoms with Gasteiger partial charge in [-0.05, 0) is 18.1 Å². The van der Waals surface area contributed by atoms with Gasteiger partial charge in [-0.3, -0.25) is 0 Å². The summed E-state index contributed by atoms with van der Waals surface area (Å²) in [6.07, 6.45) is 4.28. The molecule has 0 aliphatic carbocycles. The molecule has 0 saturated carbocycles. The number of H-pyrrole nitrogens is 1. The second-order valence-corrected chi connectivity index (χ2v) is 3.46. The lowest BCUT2D eigenvalue weighted by Gasteiger charge is -2.13. The first-order chi connectivity index (χ1) is 7.33. The third-order valence-electron chi connectivity index (χ3n) is 2.54. The van der Waals surface area contributed by atoms with Gasteiger partial charge in [-0.25, -0.2) is 9.37 Å². The molecule has 0 saturated heterocycles. The molecule has 2 nitrogen and oxygen atoms in total. The lowest BCUT2D eigenvalue weighted by Crippen LogP contribution is -2.04. The Hall–Kier alpha value is -1.64. The first kappa shape index (κ1) is 9.90. The maximum Gasteiger partial charge on any atom is 0.127 e. The smallest absolute Gasteiger partial charge is 0.127 e. The molecule has 0 radical (unpaired) electrons. The Morgan fingerprint density at radius 1 is 1.40 bits per heavy atom. The summed E-state index contributed by atoms with van der Waals surface area (Å²) in [6.45, 7) is 2.03. The van der Waals surface area contributed by atoms with Crippen molar-refractivity contribution in [1.82, 2.24) is 9.97 Å². The van der Waals surface area contributed by atoms with Gasteiger partial charge in [0.2, 0.25) is 0 Å². The van der Waals surface area contributed by atoms with E-state index in [0.717, 1.165) is 12.2 Å². The molecule has 0 aliphatic rings. The Balaban J connectivity index is 2.40. The van der Waals surface area contributed by atoms with Crippen molar-refractivity contribution in [2.75, 3.05) is 0 Å². The second-order valence-electron chi connectivity index (χ2n) is 3.46. The standard InChI is InChI=1S/C12H13FN2/c1-2-9(12-14-7-8-15-12)10-5-3-4-6-11(10)13/h3-9H,2H2,1H3,(H,14,15). The molecule has 1 unspecified atom stereocenters. The first-order valence-electron chi connectivity index (χ1n) is 5.06. The van der Waals surface area contributed by atoms with Gasteiger partial charge in [-0.2, -0.15) is 0 Å². The molecular weight excluding hydrogens is 191 g/mol. The summed E-state index contributed by atoms with van der Waals surface area (Å²) in [5.41, 5.74) is 0.704. The van der Waals surface area contributed by atoms with E-state index in [-0.39, 0.29) is 11.7 Å². The number of hydrogen-bond donors (Lipinski definition) is 1. The van der Waals surface area contributed by atoms with E-state index in [2.05, 4.69) is 9.97 Å². The van der Waals surface area contributed by atoms with Crippen LogP contribution >= 0.6 is 0 Å². The monoisotopic (exact) mass is 204 g/mol. The Morgan fingerprint density at radius 2 is 2.20 bits per heavy atom. The van der Waals surface area contributed by atoms with Crippen LogP contribution in [0.4, 0.5) is 4.39 Å². The van der Waals surface area contributed by atoms with Crippen LogP contribution in [0.2, 0.25) is 0 Å². The van der Waals surface area contributed by atoms with E-state index in [4.69, 9.17) is 0 Å². The largest absolute Gasteiger partial charge is 0.348 e. The second kappa shape index (κ2) is 4.26. The molecule has 2 rings (SSSR count). The van der Waals surface area contributed by atoms with Gasteiger partial charge in [0.15, 0.2) is 0 Å². The van der Waals surface area contributed by atoms with Crippen LogP contribution < -0.4 is 0 Å². The lowest BCUT2D eigenvalue weighted by molar-refractivity contribution is 0.585. The van der Waals surface area contributed by atoms with Crippen LogP contribution in [0.3, 0.4) is 0 Å². The third-order valence-corrected chi connectivity index (χ3v) is 2.54. The molecule has 0 amide bonds. The molecule has 0 aliphatic heterocycles. The number of rotatable bonds is 3. The number of benzene rings is 1. The van der Waals surface area contributed by atoms with Gasteiger partial charge in [-0.1, -0.05) is 25.1 Å². The summed E-state index contributed by atoms with van der Waals surface area (Å²) >= 11 is 0.